The maximum Gasteiger partial charge on any atom is 0.213 e. The summed E-state index contributed by atoms with van der Waals surface area (Å²) in [6, 6.07) is 7.27. The van der Waals surface area contributed by atoms with Crippen LogP contribution in [0, 0.1) is 0 Å². The number of hydrogen-bond donors (Lipinski definition) is 2. The van der Waals surface area contributed by atoms with E-state index in [1.165, 1.54) is 6.39 Å². The van der Waals surface area contributed by atoms with Crippen LogP contribution in [0.5, 0.6) is 11.5 Å². The molecular formula is C14H19N3O4. The highest BCUT2D eigenvalue weighted by atomic mass is 16.5. The van der Waals surface area contributed by atoms with Crippen LogP contribution in [-0.2, 0) is 6.42 Å². The molecule has 1 heterocycles. The fourth-order valence-electron chi connectivity index (χ4n) is 1.71. The van der Waals surface area contributed by atoms with Crippen LogP contribution < -0.4 is 14.8 Å². The first-order valence-corrected chi connectivity index (χ1v) is 6.69. The van der Waals surface area contributed by atoms with Gasteiger partial charge in [0.1, 0.15) is 24.2 Å². The van der Waals surface area contributed by atoms with Gasteiger partial charge in [0.15, 0.2) is 5.82 Å². The Morgan fingerprint density at radius 3 is 3.00 bits per heavy atom. The molecule has 0 bridgehead atoms. The number of rotatable bonds is 9. The van der Waals surface area contributed by atoms with Crippen LogP contribution in [0.3, 0.4) is 0 Å². The van der Waals surface area contributed by atoms with Gasteiger partial charge >= 0.3 is 0 Å². The summed E-state index contributed by atoms with van der Waals surface area (Å²) < 4.78 is 15.2. The Balaban J connectivity index is 1.61. The van der Waals surface area contributed by atoms with Gasteiger partial charge < -0.3 is 24.4 Å². The lowest BCUT2D eigenvalue weighted by atomic mass is 10.3. The standard InChI is InChI=1S/C14H19N3O4/c1-19-12-3-2-4-13(7-12)20-9-11(18)8-15-6-5-14-16-10-21-17-14/h2-4,7,10-11,15,18H,5-6,8-9H2,1H3. The first kappa shape index (κ1) is 15.3. The molecule has 0 spiro atoms. The molecule has 1 aromatic heterocycles. The van der Waals surface area contributed by atoms with Crippen molar-refractivity contribution in [2.24, 2.45) is 0 Å². The number of aromatic nitrogens is 2. The van der Waals surface area contributed by atoms with Gasteiger partial charge in [-0.3, -0.25) is 0 Å². The minimum Gasteiger partial charge on any atom is -0.497 e. The lowest BCUT2D eigenvalue weighted by Crippen LogP contribution is -2.32. The summed E-state index contributed by atoms with van der Waals surface area (Å²) in [5, 5.41) is 16.6. The summed E-state index contributed by atoms with van der Waals surface area (Å²) in [7, 11) is 1.60. The van der Waals surface area contributed by atoms with E-state index in [4.69, 9.17) is 9.47 Å². The summed E-state index contributed by atoms with van der Waals surface area (Å²) in [5.74, 6) is 2.03. The molecule has 0 aliphatic heterocycles. The minimum atomic E-state index is -0.596. The third-order valence-corrected chi connectivity index (χ3v) is 2.80. The Labute approximate surface area is 122 Å². The summed E-state index contributed by atoms with van der Waals surface area (Å²) >= 11 is 0. The molecule has 1 unspecified atom stereocenters. The molecule has 7 nitrogen and oxygen atoms in total. The summed E-state index contributed by atoms with van der Waals surface area (Å²) in [6.07, 6.45) is 1.35. The van der Waals surface area contributed by atoms with E-state index in [9.17, 15) is 5.11 Å². The average Bonchev–Trinajstić information content (AvgIpc) is 3.03. The van der Waals surface area contributed by atoms with E-state index in [-0.39, 0.29) is 6.61 Å². The molecule has 0 aliphatic carbocycles. The van der Waals surface area contributed by atoms with Crippen molar-refractivity contribution in [3.8, 4) is 11.5 Å². The summed E-state index contributed by atoms with van der Waals surface area (Å²) in [5.41, 5.74) is 0. The Hall–Kier alpha value is -2.12. The second-order valence-electron chi connectivity index (χ2n) is 4.45. The third kappa shape index (κ3) is 5.41. The number of nitrogens with one attached hydrogen (secondary N) is 1. The molecular weight excluding hydrogens is 274 g/mol. The second kappa shape index (κ2) is 8.23. The van der Waals surface area contributed by atoms with E-state index in [0.29, 0.717) is 31.1 Å². The van der Waals surface area contributed by atoms with Crippen molar-refractivity contribution in [3.05, 3.63) is 36.5 Å². The van der Waals surface area contributed by atoms with Gasteiger partial charge in [0.05, 0.1) is 7.11 Å². The quantitative estimate of drug-likeness (QED) is 0.656. The van der Waals surface area contributed by atoms with Crippen molar-refractivity contribution in [2.75, 3.05) is 26.8 Å². The summed E-state index contributed by atoms with van der Waals surface area (Å²) in [4.78, 5) is 3.91. The predicted molar refractivity (Wildman–Crippen MR) is 75.4 cm³/mol. The van der Waals surface area contributed by atoms with Crippen LogP contribution in [0.1, 0.15) is 5.82 Å². The zero-order valence-corrected chi connectivity index (χ0v) is 11.9. The molecule has 1 aromatic carbocycles. The molecule has 0 saturated heterocycles. The highest BCUT2D eigenvalue weighted by molar-refractivity contribution is 5.32. The monoisotopic (exact) mass is 293 g/mol. The van der Waals surface area contributed by atoms with Crippen LogP contribution in [0.4, 0.5) is 0 Å². The van der Waals surface area contributed by atoms with Gasteiger partial charge in [-0.25, -0.2) is 0 Å². The fourth-order valence-corrected chi connectivity index (χ4v) is 1.71. The van der Waals surface area contributed by atoms with E-state index in [1.54, 1.807) is 13.2 Å². The lowest BCUT2D eigenvalue weighted by Gasteiger charge is -2.13. The van der Waals surface area contributed by atoms with Gasteiger partial charge in [-0.1, -0.05) is 11.2 Å². The van der Waals surface area contributed by atoms with Crippen LogP contribution in [0.2, 0.25) is 0 Å². The molecule has 114 valence electrons. The molecule has 0 fully saturated rings. The van der Waals surface area contributed by atoms with E-state index < -0.39 is 6.10 Å². The number of methoxy groups -OCH3 is 1. The van der Waals surface area contributed by atoms with Gasteiger partial charge in [-0.15, -0.1) is 0 Å². The lowest BCUT2D eigenvalue weighted by molar-refractivity contribution is 0.106. The fraction of sp³-hybridized carbons (Fsp3) is 0.429. The van der Waals surface area contributed by atoms with Crippen molar-refractivity contribution in [3.63, 3.8) is 0 Å². The second-order valence-corrected chi connectivity index (χ2v) is 4.45. The van der Waals surface area contributed by atoms with Gasteiger partial charge in [-0.2, -0.15) is 4.98 Å². The van der Waals surface area contributed by atoms with Crippen molar-refractivity contribution < 1.29 is 19.1 Å². The highest BCUT2D eigenvalue weighted by Gasteiger charge is 2.06. The van der Waals surface area contributed by atoms with Crippen LogP contribution >= 0.6 is 0 Å². The van der Waals surface area contributed by atoms with Gasteiger partial charge in [0.2, 0.25) is 6.39 Å². The normalized spacial score (nSPS) is 12.1. The molecule has 2 rings (SSSR count). The first-order chi connectivity index (χ1) is 10.3. The van der Waals surface area contributed by atoms with Gasteiger partial charge in [0, 0.05) is 25.6 Å². The van der Waals surface area contributed by atoms with Gasteiger partial charge in [0.25, 0.3) is 0 Å². The smallest absolute Gasteiger partial charge is 0.213 e. The topological polar surface area (TPSA) is 89.6 Å². The maximum absolute atomic E-state index is 9.83. The molecule has 2 N–H and O–H groups in total. The van der Waals surface area contributed by atoms with Gasteiger partial charge in [-0.05, 0) is 12.1 Å². The van der Waals surface area contributed by atoms with E-state index in [2.05, 4.69) is 20.0 Å². The molecule has 1 atom stereocenters. The average molecular weight is 293 g/mol. The van der Waals surface area contributed by atoms with E-state index >= 15 is 0 Å². The largest absolute Gasteiger partial charge is 0.497 e. The Morgan fingerprint density at radius 1 is 1.38 bits per heavy atom. The molecule has 21 heavy (non-hydrogen) atoms. The maximum atomic E-state index is 9.83. The van der Waals surface area contributed by atoms with Crippen molar-refractivity contribution >= 4 is 0 Å². The van der Waals surface area contributed by atoms with E-state index in [1.807, 2.05) is 18.2 Å². The van der Waals surface area contributed by atoms with Crippen LogP contribution in [-0.4, -0.2) is 48.2 Å². The molecule has 2 aromatic rings. The third-order valence-electron chi connectivity index (χ3n) is 2.80. The molecule has 0 radical (unpaired) electrons. The Bertz CT molecular complexity index is 519. The molecule has 0 aliphatic rings. The van der Waals surface area contributed by atoms with Crippen LogP contribution in [0.25, 0.3) is 0 Å². The van der Waals surface area contributed by atoms with Crippen molar-refractivity contribution in [1.82, 2.24) is 15.5 Å². The number of benzene rings is 1. The number of nitrogens with zero attached hydrogens (tertiary/aromatic N) is 2. The predicted octanol–water partition coefficient (Wildman–Crippen LogP) is 0.650. The molecule has 7 heteroatoms. The SMILES string of the molecule is COc1cccc(OCC(O)CNCCc2ncon2)c1. The zero-order valence-electron chi connectivity index (χ0n) is 11.9. The number of ether oxygens (including phenoxy) is 2. The number of aliphatic hydroxyl groups is 1. The number of aliphatic hydroxyl groups excluding tert-OH is 1. The minimum absolute atomic E-state index is 0.211. The molecule has 0 amide bonds. The van der Waals surface area contributed by atoms with Crippen LogP contribution in [0.15, 0.2) is 35.2 Å². The summed E-state index contributed by atoms with van der Waals surface area (Å²) in [6.45, 7) is 1.31. The van der Waals surface area contributed by atoms with Crippen molar-refractivity contribution in [2.45, 2.75) is 12.5 Å². The molecule has 0 saturated carbocycles. The Morgan fingerprint density at radius 2 is 2.24 bits per heavy atom. The Kier molecular flexibility index (Phi) is 5.99. The van der Waals surface area contributed by atoms with Crippen molar-refractivity contribution in [1.29, 1.82) is 0 Å². The first-order valence-electron chi connectivity index (χ1n) is 6.69. The van der Waals surface area contributed by atoms with E-state index in [0.717, 1.165) is 5.75 Å². The zero-order chi connectivity index (χ0) is 14.9. The number of hydrogen-bond acceptors (Lipinski definition) is 7. The highest BCUT2D eigenvalue weighted by Crippen LogP contribution is 2.18.